The van der Waals surface area contributed by atoms with Crippen LogP contribution in [0.5, 0.6) is 11.6 Å². The van der Waals surface area contributed by atoms with Gasteiger partial charge in [-0.15, -0.1) is 0 Å². The Morgan fingerprint density at radius 2 is 1.92 bits per heavy atom. The minimum absolute atomic E-state index is 0.179. The van der Waals surface area contributed by atoms with Gasteiger partial charge in [-0.1, -0.05) is 18.2 Å². The van der Waals surface area contributed by atoms with Gasteiger partial charge < -0.3 is 14.8 Å². The number of carbonyl (C=O) groups is 1. The molecule has 0 saturated carbocycles. The van der Waals surface area contributed by atoms with Crippen LogP contribution in [-0.4, -0.2) is 30.3 Å². The van der Waals surface area contributed by atoms with E-state index in [9.17, 15) is 18.0 Å². The van der Waals surface area contributed by atoms with Gasteiger partial charge in [-0.2, -0.15) is 13.2 Å². The molecule has 1 amide bonds. The number of halogens is 3. The highest BCUT2D eigenvalue weighted by molar-refractivity contribution is 5.91. The van der Waals surface area contributed by atoms with Crippen LogP contribution in [0.15, 0.2) is 42.6 Å². The number of pyridine rings is 1. The van der Waals surface area contributed by atoms with E-state index in [2.05, 4.69) is 15.0 Å². The van der Waals surface area contributed by atoms with Crippen LogP contribution in [0, 0.1) is 6.92 Å². The molecular weight excluding hydrogens is 325 g/mol. The van der Waals surface area contributed by atoms with Crippen LogP contribution >= 0.6 is 0 Å². The molecule has 0 fully saturated rings. The average Bonchev–Trinajstić information content (AvgIpc) is 2.53. The van der Waals surface area contributed by atoms with Gasteiger partial charge in [0, 0.05) is 6.07 Å². The highest BCUT2D eigenvalue weighted by Gasteiger charge is 2.28. The Labute approximate surface area is 136 Å². The molecule has 2 rings (SSSR count). The Balaban J connectivity index is 1.82. The molecular formula is C16H15F3N2O3. The number of ether oxygens (including phenoxy) is 2. The number of nitrogens with zero attached hydrogens (tertiary/aromatic N) is 1. The van der Waals surface area contributed by atoms with Crippen LogP contribution in [0.1, 0.15) is 5.56 Å². The minimum Gasteiger partial charge on any atom is -0.483 e. The molecule has 1 heterocycles. The minimum atomic E-state index is -4.43. The lowest BCUT2D eigenvalue weighted by Gasteiger charge is -2.10. The van der Waals surface area contributed by atoms with Crippen molar-refractivity contribution in [1.29, 1.82) is 0 Å². The first-order chi connectivity index (χ1) is 11.3. The van der Waals surface area contributed by atoms with Crippen molar-refractivity contribution in [1.82, 2.24) is 4.98 Å². The second kappa shape index (κ2) is 7.67. The maximum Gasteiger partial charge on any atom is 0.422 e. The zero-order chi connectivity index (χ0) is 17.6. The number of hydrogen-bond donors (Lipinski definition) is 1. The van der Waals surface area contributed by atoms with Gasteiger partial charge in [0.1, 0.15) is 5.75 Å². The molecule has 1 aromatic heterocycles. The van der Waals surface area contributed by atoms with Crippen molar-refractivity contribution in [2.45, 2.75) is 13.1 Å². The molecule has 0 aliphatic rings. The van der Waals surface area contributed by atoms with Crippen LogP contribution < -0.4 is 14.8 Å². The van der Waals surface area contributed by atoms with Crippen LogP contribution in [0.25, 0.3) is 0 Å². The third-order valence-corrected chi connectivity index (χ3v) is 2.86. The standard InChI is InChI=1S/C16H15F3N2O3/c1-11-4-2-3-5-13(11)23-9-14(22)21-12-6-7-15(20-8-12)24-10-16(17,18)19/h2-8H,9-10H2,1H3,(H,21,22). The summed E-state index contributed by atoms with van der Waals surface area (Å²) in [5, 5.41) is 2.53. The largest absolute Gasteiger partial charge is 0.483 e. The van der Waals surface area contributed by atoms with Crippen molar-refractivity contribution in [2.24, 2.45) is 0 Å². The summed E-state index contributed by atoms with van der Waals surface area (Å²) in [6.07, 6.45) is -3.22. The van der Waals surface area contributed by atoms with Gasteiger partial charge in [0.05, 0.1) is 11.9 Å². The zero-order valence-electron chi connectivity index (χ0n) is 12.8. The summed E-state index contributed by atoms with van der Waals surface area (Å²) in [5.41, 5.74) is 1.23. The Morgan fingerprint density at radius 3 is 2.54 bits per heavy atom. The number of hydrogen-bond acceptors (Lipinski definition) is 4. The third kappa shape index (κ3) is 5.79. The number of benzene rings is 1. The molecule has 0 spiro atoms. The number of nitrogens with one attached hydrogen (secondary N) is 1. The molecule has 1 aromatic carbocycles. The van der Waals surface area contributed by atoms with E-state index < -0.39 is 18.7 Å². The van der Waals surface area contributed by atoms with Gasteiger partial charge in [0.25, 0.3) is 5.91 Å². The first-order valence-electron chi connectivity index (χ1n) is 6.97. The fraction of sp³-hybridized carbons (Fsp3) is 0.250. The molecule has 0 aliphatic heterocycles. The van der Waals surface area contributed by atoms with Gasteiger partial charge in [0.2, 0.25) is 5.88 Å². The van der Waals surface area contributed by atoms with Crippen molar-refractivity contribution in [3.63, 3.8) is 0 Å². The lowest BCUT2D eigenvalue weighted by atomic mass is 10.2. The van der Waals surface area contributed by atoms with E-state index in [1.807, 2.05) is 19.1 Å². The number of amides is 1. The molecule has 0 bridgehead atoms. The van der Waals surface area contributed by atoms with Gasteiger partial charge in [0.15, 0.2) is 13.2 Å². The van der Waals surface area contributed by atoms with Crippen molar-refractivity contribution >= 4 is 11.6 Å². The second-order valence-corrected chi connectivity index (χ2v) is 4.89. The van der Waals surface area contributed by atoms with Crippen LogP contribution in [-0.2, 0) is 4.79 Å². The highest BCUT2D eigenvalue weighted by atomic mass is 19.4. The van der Waals surface area contributed by atoms with Crippen LogP contribution in [0.2, 0.25) is 0 Å². The van der Waals surface area contributed by atoms with E-state index in [4.69, 9.17) is 4.74 Å². The molecule has 0 atom stereocenters. The Kier molecular flexibility index (Phi) is 5.62. The lowest BCUT2D eigenvalue weighted by Crippen LogP contribution is -2.21. The molecule has 1 N–H and O–H groups in total. The molecule has 0 unspecified atom stereocenters. The molecule has 0 aliphatic carbocycles. The van der Waals surface area contributed by atoms with Crippen molar-refractivity contribution in [2.75, 3.05) is 18.5 Å². The normalized spacial score (nSPS) is 11.0. The second-order valence-electron chi connectivity index (χ2n) is 4.89. The number of anilines is 1. The summed E-state index contributed by atoms with van der Waals surface area (Å²) in [5.74, 6) is 0.00664. The molecule has 24 heavy (non-hydrogen) atoms. The Hall–Kier alpha value is -2.77. The molecule has 5 nitrogen and oxygen atoms in total. The first kappa shape index (κ1) is 17.6. The van der Waals surface area contributed by atoms with E-state index in [1.54, 1.807) is 12.1 Å². The molecule has 0 radical (unpaired) electrons. The molecule has 2 aromatic rings. The number of aromatic nitrogens is 1. The number of rotatable bonds is 6. The molecule has 0 saturated heterocycles. The third-order valence-electron chi connectivity index (χ3n) is 2.86. The summed E-state index contributed by atoms with van der Waals surface area (Å²) >= 11 is 0. The van der Waals surface area contributed by atoms with E-state index in [0.29, 0.717) is 11.4 Å². The first-order valence-corrected chi connectivity index (χ1v) is 6.97. The van der Waals surface area contributed by atoms with Crippen molar-refractivity contribution in [3.8, 4) is 11.6 Å². The highest BCUT2D eigenvalue weighted by Crippen LogP contribution is 2.18. The van der Waals surface area contributed by atoms with Gasteiger partial charge >= 0.3 is 6.18 Å². The van der Waals surface area contributed by atoms with Crippen LogP contribution in [0.4, 0.5) is 18.9 Å². The summed E-state index contributed by atoms with van der Waals surface area (Å²) in [6.45, 7) is 0.240. The quantitative estimate of drug-likeness (QED) is 0.876. The topological polar surface area (TPSA) is 60.5 Å². The fourth-order valence-corrected chi connectivity index (χ4v) is 1.75. The number of aryl methyl sites for hydroxylation is 1. The smallest absolute Gasteiger partial charge is 0.422 e. The Morgan fingerprint density at radius 1 is 1.17 bits per heavy atom. The maximum atomic E-state index is 12.0. The SMILES string of the molecule is Cc1ccccc1OCC(=O)Nc1ccc(OCC(F)(F)F)nc1. The maximum absolute atomic E-state index is 12.0. The predicted molar refractivity (Wildman–Crippen MR) is 81.1 cm³/mol. The average molecular weight is 340 g/mol. The van der Waals surface area contributed by atoms with E-state index in [0.717, 1.165) is 5.56 Å². The lowest BCUT2D eigenvalue weighted by molar-refractivity contribution is -0.154. The summed E-state index contributed by atoms with van der Waals surface area (Å²) in [4.78, 5) is 15.5. The van der Waals surface area contributed by atoms with E-state index >= 15 is 0 Å². The van der Waals surface area contributed by atoms with Crippen molar-refractivity contribution < 1.29 is 27.4 Å². The molecule has 8 heteroatoms. The summed E-state index contributed by atoms with van der Waals surface area (Å²) in [7, 11) is 0. The van der Waals surface area contributed by atoms with Crippen LogP contribution in [0.3, 0.4) is 0 Å². The van der Waals surface area contributed by atoms with Gasteiger partial charge in [-0.25, -0.2) is 4.98 Å². The number of carbonyl (C=O) groups excluding carboxylic acids is 1. The fourth-order valence-electron chi connectivity index (χ4n) is 1.75. The number of para-hydroxylation sites is 1. The number of alkyl halides is 3. The van der Waals surface area contributed by atoms with Gasteiger partial charge in [-0.05, 0) is 24.6 Å². The Bertz CT molecular complexity index is 688. The van der Waals surface area contributed by atoms with Crippen molar-refractivity contribution in [3.05, 3.63) is 48.2 Å². The monoisotopic (exact) mass is 340 g/mol. The summed E-state index contributed by atoms with van der Waals surface area (Å²) in [6, 6.07) is 9.89. The summed E-state index contributed by atoms with van der Waals surface area (Å²) < 4.78 is 45.9. The predicted octanol–water partition coefficient (Wildman–Crippen LogP) is 3.35. The van der Waals surface area contributed by atoms with E-state index in [1.165, 1.54) is 18.3 Å². The van der Waals surface area contributed by atoms with Gasteiger partial charge in [-0.3, -0.25) is 4.79 Å². The van der Waals surface area contributed by atoms with E-state index in [-0.39, 0.29) is 12.5 Å². The zero-order valence-corrected chi connectivity index (χ0v) is 12.8. The molecule has 128 valence electrons.